The molecule has 27 heavy (non-hydrogen) atoms. The van der Waals surface area contributed by atoms with Crippen LogP contribution in [-0.4, -0.2) is 63.7 Å². The van der Waals surface area contributed by atoms with Gasteiger partial charge in [0.25, 0.3) is 5.91 Å². The van der Waals surface area contributed by atoms with E-state index in [4.69, 9.17) is 0 Å². The van der Waals surface area contributed by atoms with Crippen LogP contribution in [0.15, 0.2) is 6.20 Å². The third-order valence-corrected chi connectivity index (χ3v) is 5.19. The van der Waals surface area contributed by atoms with Crippen molar-refractivity contribution in [1.82, 2.24) is 25.1 Å². The monoisotopic (exact) mass is 373 g/mol. The number of hydrogen-bond acceptors (Lipinski definition) is 5. The summed E-state index contributed by atoms with van der Waals surface area (Å²) < 4.78 is 0. The summed E-state index contributed by atoms with van der Waals surface area (Å²) in [7, 11) is 0. The van der Waals surface area contributed by atoms with Gasteiger partial charge in [0.1, 0.15) is 5.82 Å². The molecule has 0 radical (unpaired) electrons. The summed E-state index contributed by atoms with van der Waals surface area (Å²) in [5.74, 6) is 0.144. The van der Waals surface area contributed by atoms with Gasteiger partial charge in [-0.15, -0.1) is 0 Å². The Labute approximate surface area is 159 Å². The molecule has 1 N–H and O–H groups in total. The molecule has 0 bridgehead atoms. The molecule has 3 amide bonds. The van der Waals surface area contributed by atoms with E-state index in [1.165, 1.54) is 6.92 Å². The van der Waals surface area contributed by atoms with Gasteiger partial charge in [0.15, 0.2) is 0 Å². The van der Waals surface area contributed by atoms with Crippen molar-refractivity contribution in [2.75, 3.05) is 26.2 Å². The number of hydrogen-bond donors (Lipinski definition) is 1. The largest absolute Gasteiger partial charge is 0.347 e. The summed E-state index contributed by atoms with van der Waals surface area (Å²) in [6, 6.07) is -0.253. The lowest BCUT2D eigenvalue weighted by Gasteiger charge is -2.29. The van der Waals surface area contributed by atoms with Gasteiger partial charge in [0, 0.05) is 32.8 Å². The summed E-state index contributed by atoms with van der Waals surface area (Å²) in [5, 5.41) is 2.56. The number of likely N-dealkylation sites (tertiary alicyclic amines) is 2. The summed E-state index contributed by atoms with van der Waals surface area (Å²) in [6.45, 7) is 5.24. The van der Waals surface area contributed by atoms with E-state index < -0.39 is 0 Å². The number of aryl methyl sites for hydroxylation is 1. The fourth-order valence-electron chi connectivity index (χ4n) is 3.82. The number of aromatic nitrogens is 2. The highest BCUT2D eigenvalue weighted by Gasteiger charge is 2.35. The predicted molar refractivity (Wildman–Crippen MR) is 98.9 cm³/mol. The van der Waals surface area contributed by atoms with E-state index in [1.54, 1.807) is 18.0 Å². The van der Waals surface area contributed by atoms with Crippen LogP contribution in [-0.2, 0) is 9.59 Å². The van der Waals surface area contributed by atoms with Gasteiger partial charge in [0.05, 0.1) is 23.8 Å². The van der Waals surface area contributed by atoms with E-state index in [9.17, 15) is 14.4 Å². The topological polar surface area (TPSA) is 95.5 Å². The average Bonchev–Trinajstić information content (AvgIpc) is 3.16. The number of carbonyl (C=O) groups excluding carboxylic acids is 3. The Balaban J connectivity index is 1.85. The van der Waals surface area contributed by atoms with Crippen LogP contribution >= 0.6 is 0 Å². The minimum atomic E-state index is -0.253. The van der Waals surface area contributed by atoms with Gasteiger partial charge in [-0.25, -0.2) is 9.97 Å². The zero-order chi connectivity index (χ0) is 19.4. The third kappa shape index (κ3) is 4.43. The molecule has 1 unspecified atom stereocenters. The molecule has 8 heteroatoms. The van der Waals surface area contributed by atoms with E-state index in [1.807, 2.05) is 4.90 Å². The van der Waals surface area contributed by atoms with E-state index in [-0.39, 0.29) is 30.3 Å². The average molecular weight is 373 g/mol. The first-order valence-electron chi connectivity index (χ1n) is 9.64. The molecule has 3 heterocycles. The van der Waals surface area contributed by atoms with Crippen LogP contribution in [0.1, 0.15) is 66.9 Å². The lowest BCUT2D eigenvalue weighted by Crippen LogP contribution is -2.41. The van der Waals surface area contributed by atoms with Crippen LogP contribution in [0, 0.1) is 6.92 Å². The molecule has 0 aromatic carbocycles. The SMILES string of the molecule is CC(=O)NCC(=O)N1CCCC1c1nc(C)ncc1C(=O)N1CCCCC1. The molecule has 1 aromatic heterocycles. The molecule has 2 aliphatic rings. The van der Waals surface area contributed by atoms with Crippen molar-refractivity contribution in [2.24, 2.45) is 0 Å². The molecular weight excluding hydrogens is 346 g/mol. The molecule has 0 saturated carbocycles. The van der Waals surface area contributed by atoms with Gasteiger partial charge >= 0.3 is 0 Å². The van der Waals surface area contributed by atoms with Crippen molar-refractivity contribution in [3.8, 4) is 0 Å². The molecule has 1 atom stereocenters. The maximum Gasteiger partial charge on any atom is 0.257 e. The number of piperidine rings is 1. The van der Waals surface area contributed by atoms with Crippen LogP contribution in [0.3, 0.4) is 0 Å². The van der Waals surface area contributed by atoms with Crippen molar-refractivity contribution < 1.29 is 14.4 Å². The van der Waals surface area contributed by atoms with E-state index >= 15 is 0 Å². The highest BCUT2D eigenvalue weighted by atomic mass is 16.2. The fraction of sp³-hybridized carbons (Fsp3) is 0.632. The molecule has 1 aromatic rings. The Bertz CT molecular complexity index is 730. The summed E-state index contributed by atoms with van der Waals surface area (Å²) in [5.41, 5.74) is 1.12. The highest BCUT2D eigenvalue weighted by molar-refractivity contribution is 5.95. The normalized spacial score (nSPS) is 19.9. The van der Waals surface area contributed by atoms with Crippen molar-refractivity contribution in [3.63, 3.8) is 0 Å². The standard InChI is InChI=1S/C19H27N5O3/c1-13-20-11-15(19(27)23-8-4-3-5-9-23)18(22-13)16-7-6-10-24(16)17(26)12-21-14(2)25/h11,16H,3-10,12H2,1-2H3,(H,21,25). The highest BCUT2D eigenvalue weighted by Crippen LogP contribution is 2.33. The number of nitrogens with zero attached hydrogens (tertiary/aromatic N) is 4. The molecule has 0 spiro atoms. The Morgan fingerprint density at radius 3 is 2.59 bits per heavy atom. The predicted octanol–water partition coefficient (Wildman–Crippen LogP) is 1.21. The smallest absolute Gasteiger partial charge is 0.257 e. The minimum Gasteiger partial charge on any atom is -0.347 e. The molecule has 0 aliphatic carbocycles. The second kappa shape index (κ2) is 8.45. The second-order valence-electron chi connectivity index (χ2n) is 7.22. The number of rotatable bonds is 4. The van der Waals surface area contributed by atoms with Crippen molar-refractivity contribution in [1.29, 1.82) is 0 Å². The quantitative estimate of drug-likeness (QED) is 0.856. The summed E-state index contributed by atoms with van der Waals surface area (Å²) in [4.78, 5) is 49.1. The zero-order valence-electron chi connectivity index (χ0n) is 16.0. The Kier molecular flexibility index (Phi) is 6.03. The number of nitrogens with one attached hydrogen (secondary N) is 1. The molecule has 2 aliphatic heterocycles. The van der Waals surface area contributed by atoms with E-state index in [0.717, 1.165) is 45.2 Å². The first-order chi connectivity index (χ1) is 13.0. The van der Waals surface area contributed by atoms with Crippen molar-refractivity contribution in [2.45, 2.75) is 52.0 Å². The Morgan fingerprint density at radius 1 is 1.15 bits per heavy atom. The van der Waals surface area contributed by atoms with E-state index in [0.29, 0.717) is 23.6 Å². The van der Waals surface area contributed by atoms with Gasteiger partial charge < -0.3 is 15.1 Å². The summed E-state index contributed by atoms with van der Waals surface area (Å²) >= 11 is 0. The van der Waals surface area contributed by atoms with Crippen LogP contribution < -0.4 is 5.32 Å². The number of amides is 3. The van der Waals surface area contributed by atoms with E-state index in [2.05, 4.69) is 15.3 Å². The van der Waals surface area contributed by atoms with Gasteiger partial charge in [-0.3, -0.25) is 14.4 Å². The van der Waals surface area contributed by atoms with Gasteiger partial charge in [-0.05, 0) is 39.0 Å². The Hall–Kier alpha value is -2.51. The van der Waals surface area contributed by atoms with Gasteiger partial charge in [-0.1, -0.05) is 0 Å². The second-order valence-corrected chi connectivity index (χ2v) is 7.22. The first kappa shape index (κ1) is 19.3. The fourth-order valence-corrected chi connectivity index (χ4v) is 3.82. The van der Waals surface area contributed by atoms with Crippen molar-refractivity contribution >= 4 is 17.7 Å². The molecule has 2 fully saturated rings. The van der Waals surface area contributed by atoms with Gasteiger partial charge in [0.2, 0.25) is 11.8 Å². The maximum atomic E-state index is 13.1. The lowest BCUT2D eigenvalue weighted by atomic mass is 10.0. The molecule has 3 rings (SSSR count). The molecule has 2 saturated heterocycles. The van der Waals surface area contributed by atoms with Crippen molar-refractivity contribution in [3.05, 3.63) is 23.3 Å². The van der Waals surface area contributed by atoms with Crippen LogP contribution in [0.25, 0.3) is 0 Å². The minimum absolute atomic E-state index is 0.0364. The van der Waals surface area contributed by atoms with Gasteiger partial charge in [-0.2, -0.15) is 0 Å². The lowest BCUT2D eigenvalue weighted by molar-refractivity contribution is -0.133. The van der Waals surface area contributed by atoms with Crippen LogP contribution in [0.5, 0.6) is 0 Å². The number of carbonyl (C=O) groups is 3. The van der Waals surface area contributed by atoms with Crippen LogP contribution in [0.4, 0.5) is 0 Å². The molecule has 8 nitrogen and oxygen atoms in total. The summed E-state index contributed by atoms with van der Waals surface area (Å²) in [6.07, 6.45) is 6.37. The molecular formula is C19H27N5O3. The van der Waals surface area contributed by atoms with Crippen LogP contribution in [0.2, 0.25) is 0 Å². The Morgan fingerprint density at radius 2 is 1.89 bits per heavy atom. The zero-order valence-corrected chi connectivity index (χ0v) is 16.0. The maximum absolute atomic E-state index is 13.1. The molecule has 146 valence electrons. The first-order valence-corrected chi connectivity index (χ1v) is 9.64. The third-order valence-electron chi connectivity index (χ3n) is 5.19.